The maximum absolute atomic E-state index is 12.2. The number of hydrogen-bond donors (Lipinski definition) is 2. The molecule has 0 atom stereocenters. The molecule has 0 spiro atoms. The molecule has 3 N–H and O–H groups in total. The van der Waals surface area contributed by atoms with E-state index in [0.29, 0.717) is 11.4 Å². The second-order valence-electron chi connectivity index (χ2n) is 4.22. The minimum absolute atomic E-state index is 0.100. The van der Waals surface area contributed by atoms with Gasteiger partial charge in [0.2, 0.25) is 0 Å². The van der Waals surface area contributed by atoms with Crippen LogP contribution in [-0.4, -0.2) is 18.3 Å². The Bertz CT molecular complexity index is 805. The maximum atomic E-state index is 12.2. The number of hydrogen-bond acceptors (Lipinski definition) is 6. The van der Waals surface area contributed by atoms with Crippen LogP contribution < -0.4 is 10.5 Å². The Morgan fingerprint density at radius 1 is 1.33 bits per heavy atom. The molecule has 0 amide bonds. The second-order valence-corrected chi connectivity index (χ2v) is 5.90. The molecule has 2 rings (SSSR count). The average molecular weight is 308 g/mol. The van der Waals surface area contributed by atoms with E-state index in [4.69, 9.17) is 5.73 Å². The predicted molar refractivity (Wildman–Crippen MR) is 77.3 cm³/mol. The number of nitro benzene ring substituents is 1. The molecule has 1 aromatic carbocycles. The quantitative estimate of drug-likeness (QED) is 0.502. The molecule has 0 saturated carbocycles. The van der Waals surface area contributed by atoms with Gasteiger partial charge in [-0.25, -0.2) is 8.42 Å². The van der Waals surface area contributed by atoms with E-state index in [2.05, 4.69) is 9.71 Å². The number of nitro groups is 1. The number of rotatable bonds is 4. The summed E-state index contributed by atoms with van der Waals surface area (Å²) in [5.41, 5.74) is 5.68. The summed E-state index contributed by atoms with van der Waals surface area (Å²) in [4.78, 5) is 13.8. The number of nitrogens with two attached hydrogens (primary N) is 1. The van der Waals surface area contributed by atoms with Crippen LogP contribution in [0.5, 0.6) is 0 Å². The number of nitrogens with one attached hydrogen (secondary N) is 1. The van der Waals surface area contributed by atoms with Gasteiger partial charge in [0, 0.05) is 12.3 Å². The molecular formula is C12H12N4O4S. The lowest BCUT2D eigenvalue weighted by Crippen LogP contribution is -2.14. The summed E-state index contributed by atoms with van der Waals surface area (Å²) in [7, 11) is -3.96. The Labute approximate surface area is 120 Å². The fraction of sp³-hybridized carbons (Fsp3) is 0.0833. The van der Waals surface area contributed by atoms with Crippen molar-refractivity contribution in [1.29, 1.82) is 0 Å². The van der Waals surface area contributed by atoms with Gasteiger partial charge >= 0.3 is 0 Å². The summed E-state index contributed by atoms with van der Waals surface area (Å²) < 4.78 is 26.8. The van der Waals surface area contributed by atoms with Crippen LogP contribution in [0.1, 0.15) is 5.69 Å². The van der Waals surface area contributed by atoms with Crippen molar-refractivity contribution < 1.29 is 13.3 Å². The molecule has 0 fully saturated rings. The Hall–Kier alpha value is -2.68. The fourth-order valence-electron chi connectivity index (χ4n) is 1.64. The monoisotopic (exact) mass is 308 g/mol. The van der Waals surface area contributed by atoms with Crippen LogP contribution in [0.25, 0.3) is 0 Å². The van der Waals surface area contributed by atoms with Gasteiger partial charge in [0.15, 0.2) is 0 Å². The van der Waals surface area contributed by atoms with Crippen LogP contribution in [0.15, 0.2) is 41.4 Å². The van der Waals surface area contributed by atoms with E-state index >= 15 is 0 Å². The van der Waals surface area contributed by atoms with Gasteiger partial charge in [-0.1, -0.05) is 0 Å². The minimum Gasteiger partial charge on any atom is -0.393 e. The van der Waals surface area contributed by atoms with Crippen LogP contribution in [0, 0.1) is 17.0 Å². The largest absolute Gasteiger partial charge is 0.393 e. The van der Waals surface area contributed by atoms with E-state index in [1.54, 1.807) is 19.1 Å². The molecule has 110 valence electrons. The Morgan fingerprint density at radius 3 is 2.67 bits per heavy atom. The second kappa shape index (κ2) is 5.37. The normalized spacial score (nSPS) is 11.1. The number of nitrogen functional groups attached to an aromatic ring is 1. The zero-order valence-corrected chi connectivity index (χ0v) is 11.8. The number of sulfonamides is 1. The van der Waals surface area contributed by atoms with Crippen LogP contribution in [-0.2, 0) is 10.0 Å². The SMILES string of the molecule is Cc1ncccc1NS(=O)(=O)c1ccc(N)c([N+](=O)[O-])c1. The zero-order chi connectivity index (χ0) is 15.6. The summed E-state index contributed by atoms with van der Waals surface area (Å²) in [6.07, 6.45) is 1.53. The van der Waals surface area contributed by atoms with Crippen LogP contribution in [0.2, 0.25) is 0 Å². The Kier molecular flexibility index (Phi) is 3.76. The third-order valence-electron chi connectivity index (χ3n) is 2.76. The fourth-order valence-corrected chi connectivity index (χ4v) is 2.78. The maximum Gasteiger partial charge on any atom is 0.293 e. The van der Waals surface area contributed by atoms with Gasteiger partial charge in [0.05, 0.1) is 21.2 Å². The van der Waals surface area contributed by atoms with E-state index in [-0.39, 0.29) is 10.6 Å². The van der Waals surface area contributed by atoms with E-state index in [9.17, 15) is 18.5 Å². The molecule has 0 aliphatic heterocycles. The molecule has 8 nitrogen and oxygen atoms in total. The summed E-state index contributed by atoms with van der Waals surface area (Å²) >= 11 is 0. The zero-order valence-electron chi connectivity index (χ0n) is 11.0. The average Bonchev–Trinajstić information content (AvgIpc) is 2.41. The number of anilines is 2. The van der Waals surface area contributed by atoms with E-state index in [0.717, 1.165) is 6.07 Å². The van der Waals surface area contributed by atoms with Crippen molar-refractivity contribution >= 4 is 27.1 Å². The van der Waals surface area contributed by atoms with E-state index in [1.165, 1.54) is 18.3 Å². The van der Waals surface area contributed by atoms with Crippen molar-refractivity contribution in [2.24, 2.45) is 0 Å². The molecule has 0 saturated heterocycles. The van der Waals surface area contributed by atoms with Crippen molar-refractivity contribution in [2.75, 3.05) is 10.5 Å². The Balaban J connectivity index is 2.43. The van der Waals surface area contributed by atoms with Gasteiger partial charge in [-0.15, -0.1) is 0 Å². The van der Waals surface area contributed by atoms with Gasteiger partial charge in [0.1, 0.15) is 5.69 Å². The topological polar surface area (TPSA) is 128 Å². The molecule has 0 aliphatic carbocycles. The molecule has 21 heavy (non-hydrogen) atoms. The molecule has 1 heterocycles. The first-order valence-electron chi connectivity index (χ1n) is 5.79. The van der Waals surface area contributed by atoms with Crippen LogP contribution in [0.3, 0.4) is 0 Å². The molecule has 0 bridgehead atoms. The van der Waals surface area contributed by atoms with Crippen molar-refractivity contribution in [3.05, 3.63) is 52.3 Å². The molecule has 2 aromatic rings. The van der Waals surface area contributed by atoms with Crippen LogP contribution >= 0.6 is 0 Å². The lowest BCUT2D eigenvalue weighted by molar-refractivity contribution is -0.384. The first-order chi connectivity index (χ1) is 9.81. The van der Waals surface area contributed by atoms with Crippen molar-refractivity contribution in [3.8, 4) is 0 Å². The van der Waals surface area contributed by atoms with Gasteiger partial charge in [-0.05, 0) is 31.2 Å². The number of pyridine rings is 1. The van der Waals surface area contributed by atoms with Crippen molar-refractivity contribution in [2.45, 2.75) is 11.8 Å². The molecule has 9 heteroatoms. The van der Waals surface area contributed by atoms with Crippen LogP contribution in [0.4, 0.5) is 17.1 Å². The molecule has 0 radical (unpaired) electrons. The summed E-state index contributed by atoms with van der Waals surface area (Å²) in [6.45, 7) is 1.64. The highest BCUT2D eigenvalue weighted by Crippen LogP contribution is 2.26. The number of aryl methyl sites for hydroxylation is 1. The van der Waals surface area contributed by atoms with Gasteiger partial charge in [-0.2, -0.15) is 0 Å². The number of nitrogens with zero attached hydrogens (tertiary/aromatic N) is 2. The predicted octanol–water partition coefficient (Wildman–Crippen LogP) is 1.68. The summed E-state index contributed by atoms with van der Waals surface area (Å²) in [5, 5.41) is 10.8. The minimum atomic E-state index is -3.96. The third kappa shape index (κ3) is 3.08. The summed E-state index contributed by atoms with van der Waals surface area (Å²) in [5.74, 6) is 0. The smallest absolute Gasteiger partial charge is 0.293 e. The third-order valence-corrected chi connectivity index (χ3v) is 4.12. The van der Waals surface area contributed by atoms with E-state index < -0.39 is 20.6 Å². The molecule has 0 unspecified atom stereocenters. The number of benzene rings is 1. The standard InChI is InChI=1S/C12H12N4O4S/c1-8-11(3-2-6-14-8)15-21(19,20)9-4-5-10(13)12(7-9)16(17)18/h2-7,15H,13H2,1H3. The highest BCUT2D eigenvalue weighted by Gasteiger charge is 2.20. The lowest BCUT2D eigenvalue weighted by atomic mass is 10.3. The molecule has 1 aromatic heterocycles. The first-order valence-corrected chi connectivity index (χ1v) is 7.28. The van der Waals surface area contributed by atoms with Crippen molar-refractivity contribution in [1.82, 2.24) is 4.98 Å². The van der Waals surface area contributed by atoms with E-state index in [1.807, 2.05) is 0 Å². The highest BCUT2D eigenvalue weighted by molar-refractivity contribution is 7.92. The first kappa shape index (κ1) is 14.7. The Morgan fingerprint density at radius 2 is 2.05 bits per heavy atom. The van der Waals surface area contributed by atoms with Gasteiger partial charge < -0.3 is 5.73 Å². The van der Waals surface area contributed by atoms with Gasteiger partial charge in [0.25, 0.3) is 15.7 Å². The number of aromatic nitrogens is 1. The lowest BCUT2D eigenvalue weighted by Gasteiger charge is -2.10. The van der Waals surface area contributed by atoms with Gasteiger partial charge in [-0.3, -0.25) is 19.8 Å². The molecule has 0 aliphatic rings. The highest BCUT2D eigenvalue weighted by atomic mass is 32.2. The van der Waals surface area contributed by atoms with Crippen molar-refractivity contribution in [3.63, 3.8) is 0 Å². The molecular weight excluding hydrogens is 296 g/mol. The summed E-state index contributed by atoms with van der Waals surface area (Å²) in [6, 6.07) is 6.43.